The monoisotopic (exact) mass is 335 g/mol. The van der Waals surface area contributed by atoms with Gasteiger partial charge in [-0.2, -0.15) is 0 Å². The van der Waals surface area contributed by atoms with Gasteiger partial charge >= 0.3 is 0 Å². The Hall–Kier alpha value is -2.88. The van der Waals surface area contributed by atoms with Gasteiger partial charge in [0.25, 0.3) is 0 Å². The van der Waals surface area contributed by atoms with Gasteiger partial charge in [0.2, 0.25) is 5.91 Å². The summed E-state index contributed by atoms with van der Waals surface area (Å²) in [6, 6.07) is 10.9. The van der Waals surface area contributed by atoms with Crippen LogP contribution in [-0.4, -0.2) is 23.3 Å². The van der Waals surface area contributed by atoms with E-state index in [1.165, 1.54) is 6.08 Å². The number of amides is 1. The minimum atomic E-state index is -0.114. The molecule has 1 aliphatic rings. The van der Waals surface area contributed by atoms with Crippen molar-refractivity contribution in [3.63, 3.8) is 0 Å². The predicted molar refractivity (Wildman–Crippen MR) is 99.0 cm³/mol. The first-order valence-corrected chi connectivity index (χ1v) is 8.39. The molecule has 0 bridgehead atoms. The molecule has 25 heavy (non-hydrogen) atoms. The maximum absolute atomic E-state index is 12.5. The lowest BCUT2D eigenvalue weighted by molar-refractivity contribution is -0.117. The number of rotatable bonds is 4. The van der Waals surface area contributed by atoms with Crippen LogP contribution in [0.15, 0.2) is 42.5 Å². The Balaban J connectivity index is 1.80. The van der Waals surface area contributed by atoms with E-state index in [9.17, 15) is 14.7 Å². The summed E-state index contributed by atoms with van der Waals surface area (Å²) in [7, 11) is 0. The van der Waals surface area contributed by atoms with Gasteiger partial charge in [-0.3, -0.25) is 9.59 Å². The Bertz CT molecular complexity index is 844. The Kier molecular flexibility index (Phi) is 4.70. The maximum atomic E-state index is 12.5. The van der Waals surface area contributed by atoms with Crippen molar-refractivity contribution in [3.8, 4) is 5.75 Å². The summed E-state index contributed by atoms with van der Waals surface area (Å²) in [5.74, 6) is 0.276. The number of carbonyl (C=O) groups excluding carboxylic acids is 2. The van der Waals surface area contributed by atoms with Crippen LogP contribution in [0.1, 0.15) is 39.9 Å². The molecule has 1 heterocycles. The van der Waals surface area contributed by atoms with E-state index in [0.717, 1.165) is 28.8 Å². The summed E-state index contributed by atoms with van der Waals surface area (Å²) in [5, 5.41) is 9.82. The Morgan fingerprint density at radius 2 is 1.88 bits per heavy atom. The van der Waals surface area contributed by atoms with E-state index in [4.69, 9.17) is 0 Å². The Morgan fingerprint density at radius 1 is 1.16 bits per heavy atom. The van der Waals surface area contributed by atoms with Crippen molar-refractivity contribution < 1.29 is 14.7 Å². The number of hydrogen-bond donors (Lipinski definition) is 1. The number of anilines is 1. The van der Waals surface area contributed by atoms with Crippen LogP contribution in [0, 0.1) is 13.8 Å². The van der Waals surface area contributed by atoms with Crippen LogP contribution in [0.25, 0.3) is 6.08 Å². The predicted octanol–water partition coefficient (Wildman–Crippen LogP) is 4.03. The molecule has 1 aliphatic heterocycles. The first-order valence-electron chi connectivity index (χ1n) is 8.39. The molecule has 0 unspecified atom stereocenters. The highest BCUT2D eigenvalue weighted by Gasteiger charge is 2.22. The lowest BCUT2D eigenvalue weighted by Gasteiger charge is -2.16. The van der Waals surface area contributed by atoms with Gasteiger partial charge in [0.05, 0.1) is 0 Å². The Morgan fingerprint density at radius 3 is 2.52 bits per heavy atom. The molecule has 1 saturated heterocycles. The van der Waals surface area contributed by atoms with Crippen molar-refractivity contribution in [1.29, 1.82) is 0 Å². The smallest absolute Gasteiger partial charge is 0.227 e. The van der Waals surface area contributed by atoms with Crippen molar-refractivity contribution in [1.82, 2.24) is 0 Å². The van der Waals surface area contributed by atoms with E-state index < -0.39 is 0 Å². The molecule has 2 aromatic rings. The summed E-state index contributed by atoms with van der Waals surface area (Å²) in [6.07, 6.45) is 4.69. The van der Waals surface area contributed by atoms with Crippen molar-refractivity contribution in [2.24, 2.45) is 0 Å². The van der Waals surface area contributed by atoms with Gasteiger partial charge < -0.3 is 10.0 Å². The van der Waals surface area contributed by atoms with E-state index in [0.29, 0.717) is 18.5 Å². The van der Waals surface area contributed by atoms with Crippen molar-refractivity contribution >= 4 is 23.5 Å². The highest BCUT2D eigenvalue weighted by Crippen LogP contribution is 2.24. The number of ketones is 1. The van der Waals surface area contributed by atoms with Crippen molar-refractivity contribution in [2.45, 2.75) is 26.7 Å². The minimum absolute atomic E-state index is 0.107. The molecule has 2 aromatic carbocycles. The molecular formula is C21H21NO3. The summed E-state index contributed by atoms with van der Waals surface area (Å²) < 4.78 is 0. The standard InChI is InChI=1S/C21H21NO3/c1-14-11-16(12-15(2)21(14)25)8-9-19(23)17-5-3-6-18(13-17)22-10-4-7-20(22)24/h3,5-6,8-9,11-13,25H,4,7,10H2,1-2H3. The third kappa shape index (κ3) is 3.63. The second-order valence-electron chi connectivity index (χ2n) is 6.40. The molecule has 1 amide bonds. The largest absolute Gasteiger partial charge is 0.507 e. The highest BCUT2D eigenvalue weighted by atomic mass is 16.3. The second-order valence-corrected chi connectivity index (χ2v) is 6.40. The van der Waals surface area contributed by atoms with Gasteiger partial charge in [-0.15, -0.1) is 0 Å². The van der Waals surface area contributed by atoms with E-state index in [-0.39, 0.29) is 17.4 Å². The van der Waals surface area contributed by atoms with Crippen LogP contribution >= 0.6 is 0 Å². The fraction of sp³-hybridized carbons (Fsp3) is 0.238. The lowest BCUT2D eigenvalue weighted by atomic mass is 10.0. The molecule has 0 saturated carbocycles. The van der Waals surface area contributed by atoms with Crippen LogP contribution in [0.4, 0.5) is 5.69 Å². The van der Waals surface area contributed by atoms with Gasteiger partial charge in [-0.1, -0.05) is 18.2 Å². The Labute approximate surface area is 147 Å². The lowest BCUT2D eigenvalue weighted by Crippen LogP contribution is -2.23. The maximum Gasteiger partial charge on any atom is 0.227 e. The number of hydrogen-bond acceptors (Lipinski definition) is 3. The highest BCUT2D eigenvalue weighted by molar-refractivity contribution is 6.08. The van der Waals surface area contributed by atoms with Gasteiger partial charge in [-0.05, 0) is 67.3 Å². The second kappa shape index (κ2) is 6.93. The topological polar surface area (TPSA) is 57.6 Å². The molecule has 1 N–H and O–H groups in total. The number of aryl methyl sites for hydroxylation is 2. The third-order valence-corrected chi connectivity index (χ3v) is 4.46. The van der Waals surface area contributed by atoms with Crippen LogP contribution < -0.4 is 4.90 Å². The summed E-state index contributed by atoms with van der Waals surface area (Å²) in [6.45, 7) is 4.37. The van der Waals surface area contributed by atoms with Gasteiger partial charge in [-0.25, -0.2) is 0 Å². The number of nitrogens with zero attached hydrogens (tertiary/aromatic N) is 1. The van der Waals surface area contributed by atoms with Gasteiger partial charge in [0.1, 0.15) is 5.75 Å². The normalized spacial score (nSPS) is 14.5. The summed E-state index contributed by atoms with van der Waals surface area (Å²) in [5.41, 5.74) is 3.76. The molecule has 0 spiro atoms. The zero-order valence-corrected chi connectivity index (χ0v) is 14.5. The molecule has 4 nitrogen and oxygen atoms in total. The number of aromatic hydroxyl groups is 1. The molecule has 3 rings (SSSR count). The molecule has 0 aromatic heterocycles. The number of carbonyl (C=O) groups is 2. The van der Waals surface area contributed by atoms with E-state index in [1.807, 2.05) is 32.0 Å². The fourth-order valence-electron chi connectivity index (χ4n) is 3.10. The molecule has 0 atom stereocenters. The SMILES string of the molecule is Cc1cc(C=CC(=O)c2cccc(N3CCCC3=O)c2)cc(C)c1O. The average molecular weight is 335 g/mol. The molecule has 4 heteroatoms. The average Bonchev–Trinajstić information content (AvgIpc) is 3.03. The van der Waals surface area contributed by atoms with Gasteiger partial charge in [0, 0.05) is 24.2 Å². The zero-order valence-electron chi connectivity index (χ0n) is 14.5. The molecule has 0 aliphatic carbocycles. The van der Waals surface area contributed by atoms with Gasteiger partial charge in [0.15, 0.2) is 5.78 Å². The molecule has 128 valence electrons. The number of benzene rings is 2. The molecular weight excluding hydrogens is 314 g/mol. The minimum Gasteiger partial charge on any atom is -0.507 e. The van der Waals surface area contributed by atoms with E-state index in [1.54, 1.807) is 29.2 Å². The summed E-state index contributed by atoms with van der Waals surface area (Å²) in [4.78, 5) is 26.1. The molecule has 1 fully saturated rings. The first-order chi connectivity index (χ1) is 12.0. The van der Waals surface area contributed by atoms with Crippen LogP contribution in [0.3, 0.4) is 0 Å². The van der Waals surface area contributed by atoms with Crippen LogP contribution in [-0.2, 0) is 4.79 Å². The van der Waals surface area contributed by atoms with Crippen molar-refractivity contribution in [2.75, 3.05) is 11.4 Å². The number of allylic oxidation sites excluding steroid dienone is 1. The summed E-state index contributed by atoms with van der Waals surface area (Å²) >= 11 is 0. The number of phenolic OH excluding ortho intramolecular Hbond substituents is 1. The quantitative estimate of drug-likeness (QED) is 0.678. The fourth-order valence-corrected chi connectivity index (χ4v) is 3.10. The van der Waals surface area contributed by atoms with E-state index >= 15 is 0 Å². The van der Waals surface area contributed by atoms with Crippen molar-refractivity contribution in [3.05, 3.63) is 64.7 Å². The van der Waals surface area contributed by atoms with E-state index in [2.05, 4.69) is 0 Å². The van der Waals surface area contributed by atoms with Crippen LogP contribution in [0.2, 0.25) is 0 Å². The number of phenols is 1. The first kappa shape index (κ1) is 17.0. The van der Waals surface area contributed by atoms with Crippen LogP contribution in [0.5, 0.6) is 5.75 Å². The third-order valence-electron chi connectivity index (χ3n) is 4.46. The zero-order chi connectivity index (χ0) is 18.0. The molecule has 0 radical (unpaired) electrons.